The van der Waals surface area contributed by atoms with E-state index in [0.717, 1.165) is 37.0 Å². The molecule has 3 rings (SSSR count). The lowest BCUT2D eigenvalue weighted by Crippen LogP contribution is -2.15. The Kier molecular flexibility index (Phi) is 7.44. The molecular weight excluding hydrogens is 376 g/mol. The van der Waals surface area contributed by atoms with Gasteiger partial charge in [0.15, 0.2) is 0 Å². The third-order valence-electron chi connectivity index (χ3n) is 5.16. The zero-order chi connectivity index (χ0) is 21.5. The predicted molar refractivity (Wildman–Crippen MR) is 122 cm³/mol. The maximum absolute atomic E-state index is 12.6. The van der Waals surface area contributed by atoms with Gasteiger partial charge in [-0.25, -0.2) is 4.98 Å². The summed E-state index contributed by atoms with van der Waals surface area (Å²) in [6.45, 7) is 9.40. The van der Waals surface area contributed by atoms with E-state index in [4.69, 9.17) is 4.42 Å². The Balaban J connectivity index is 1.43. The fraction of sp³-hybridized carbons (Fsp3) is 0.458. The number of carbonyl (C=O) groups excluding carboxylic acids is 1. The highest BCUT2D eigenvalue weighted by Crippen LogP contribution is 2.32. The summed E-state index contributed by atoms with van der Waals surface area (Å²) in [5.41, 5.74) is 4.69. The molecule has 1 aromatic carbocycles. The van der Waals surface area contributed by atoms with Gasteiger partial charge in [0.25, 0.3) is 6.01 Å². The number of carbonyl (C=O) groups is 1. The Morgan fingerprint density at radius 3 is 2.40 bits per heavy atom. The van der Waals surface area contributed by atoms with Crippen LogP contribution in [0.4, 0.5) is 11.7 Å². The molecular formula is C24H32N4O2. The van der Waals surface area contributed by atoms with Gasteiger partial charge in [0.2, 0.25) is 11.6 Å². The van der Waals surface area contributed by atoms with Crippen LogP contribution in [0.3, 0.4) is 0 Å². The topological polar surface area (TPSA) is 80.0 Å². The summed E-state index contributed by atoms with van der Waals surface area (Å²) in [6, 6.07) is 10.5. The van der Waals surface area contributed by atoms with Crippen LogP contribution < -0.4 is 10.6 Å². The molecule has 1 amide bonds. The van der Waals surface area contributed by atoms with Crippen molar-refractivity contribution in [3.63, 3.8) is 0 Å². The SMILES string of the molecule is CC(C)c1cccc(C(C)C)c1NC(=O)CCCCCNc1nc2cccnc2o1. The summed E-state index contributed by atoms with van der Waals surface area (Å²) in [5, 5.41) is 6.37. The van der Waals surface area contributed by atoms with E-state index in [0.29, 0.717) is 30.0 Å². The minimum absolute atomic E-state index is 0.0861. The summed E-state index contributed by atoms with van der Waals surface area (Å²) < 4.78 is 5.54. The van der Waals surface area contributed by atoms with Crippen molar-refractivity contribution in [1.82, 2.24) is 9.97 Å². The monoisotopic (exact) mass is 408 g/mol. The van der Waals surface area contributed by atoms with Crippen molar-refractivity contribution in [2.75, 3.05) is 17.2 Å². The number of pyridine rings is 1. The van der Waals surface area contributed by atoms with Crippen LogP contribution in [0.25, 0.3) is 11.2 Å². The van der Waals surface area contributed by atoms with E-state index in [2.05, 4.69) is 66.5 Å². The lowest BCUT2D eigenvalue weighted by Gasteiger charge is -2.20. The van der Waals surface area contributed by atoms with Gasteiger partial charge in [0.05, 0.1) is 0 Å². The number of benzene rings is 1. The van der Waals surface area contributed by atoms with Crippen LogP contribution in [0.2, 0.25) is 0 Å². The fourth-order valence-corrected chi connectivity index (χ4v) is 3.53. The van der Waals surface area contributed by atoms with E-state index in [1.54, 1.807) is 6.20 Å². The normalized spacial score (nSPS) is 11.4. The number of aromatic nitrogens is 2. The van der Waals surface area contributed by atoms with Crippen LogP contribution in [0.15, 0.2) is 40.9 Å². The van der Waals surface area contributed by atoms with Gasteiger partial charge in [-0.05, 0) is 47.9 Å². The standard InChI is InChI=1S/C24H32N4O2/c1-16(2)18-10-8-11-19(17(3)4)22(18)28-21(29)13-6-5-7-14-26-24-27-20-12-9-15-25-23(20)30-24/h8-12,15-17H,5-7,13-14H2,1-4H3,(H,26,27)(H,28,29). The molecule has 6 heteroatoms. The number of fused-ring (bicyclic) bond motifs is 1. The van der Waals surface area contributed by atoms with E-state index >= 15 is 0 Å². The van der Waals surface area contributed by atoms with Gasteiger partial charge in [0, 0.05) is 24.8 Å². The summed E-state index contributed by atoms with van der Waals surface area (Å²) in [4.78, 5) is 21.0. The zero-order valence-corrected chi connectivity index (χ0v) is 18.4. The number of amides is 1. The summed E-state index contributed by atoms with van der Waals surface area (Å²) in [5.74, 6) is 0.822. The van der Waals surface area contributed by atoms with E-state index in [9.17, 15) is 4.79 Å². The molecule has 0 aliphatic heterocycles. The van der Waals surface area contributed by atoms with Crippen molar-refractivity contribution in [2.24, 2.45) is 0 Å². The van der Waals surface area contributed by atoms with Gasteiger partial charge >= 0.3 is 0 Å². The Labute approximate surface area is 178 Å². The second-order valence-corrected chi connectivity index (χ2v) is 8.25. The van der Waals surface area contributed by atoms with Crippen molar-refractivity contribution in [2.45, 2.75) is 65.2 Å². The average Bonchev–Trinajstić information content (AvgIpc) is 3.13. The molecule has 2 aromatic heterocycles. The van der Waals surface area contributed by atoms with Crippen molar-refractivity contribution >= 4 is 28.8 Å². The van der Waals surface area contributed by atoms with E-state index in [1.165, 1.54) is 11.1 Å². The van der Waals surface area contributed by atoms with Crippen molar-refractivity contribution < 1.29 is 9.21 Å². The number of anilines is 2. The Morgan fingerprint density at radius 1 is 1.00 bits per heavy atom. The van der Waals surface area contributed by atoms with Crippen LogP contribution >= 0.6 is 0 Å². The molecule has 2 N–H and O–H groups in total. The Morgan fingerprint density at radius 2 is 1.73 bits per heavy atom. The fourth-order valence-electron chi connectivity index (χ4n) is 3.53. The quantitative estimate of drug-likeness (QED) is 0.397. The predicted octanol–water partition coefficient (Wildman–Crippen LogP) is 6.08. The largest absolute Gasteiger partial charge is 0.404 e. The van der Waals surface area contributed by atoms with Crippen LogP contribution in [0, 0.1) is 0 Å². The molecule has 0 radical (unpaired) electrons. The molecule has 160 valence electrons. The van der Waals surface area contributed by atoms with Crippen LogP contribution in [-0.2, 0) is 4.79 Å². The lowest BCUT2D eigenvalue weighted by atomic mass is 9.92. The lowest BCUT2D eigenvalue weighted by molar-refractivity contribution is -0.116. The number of oxazole rings is 1. The number of hydrogen-bond donors (Lipinski definition) is 2. The van der Waals surface area contributed by atoms with Crippen molar-refractivity contribution in [1.29, 1.82) is 0 Å². The van der Waals surface area contributed by atoms with E-state index in [-0.39, 0.29) is 5.91 Å². The van der Waals surface area contributed by atoms with Crippen LogP contribution in [0.1, 0.15) is 76.3 Å². The van der Waals surface area contributed by atoms with Gasteiger partial charge in [-0.2, -0.15) is 4.98 Å². The molecule has 0 fully saturated rings. The highest BCUT2D eigenvalue weighted by atomic mass is 16.4. The van der Waals surface area contributed by atoms with Gasteiger partial charge in [0.1, 0.15) is 5.52 Å². The first-order valence-electron chi connectivity index (χ1n) is 10.8. The first-order chi connectivity index (χ1) is 14.5. The summed E-state index contributed by atoms with van der Waals surface area (Å²) in [7, 11) is 0. The van der Waals surface area contributed by atoms with Gasteiger partial charge < -0.3 is 15.1 Å². The molecule has 0 saturated heterocycles. The summed E-state index contributed by atoms with van der Waals surface area (Å²) in [6.07, 6.45) is 4.97. The molecule has 0 saturated carbocycles. The number of nitrogens with zero attached hydrogens (tertiary/aromatic N) is 2. The second-order valence-electron chi connectivity index (χ2n) is 8.25. The second kappa shape index (κ2) is 10.2. The van der Waals surface area contributed by atoms with Crippen LogP contribution in [0.5, 0.6) is 0 Å². The Hall–Kier alpha value is -2.89. The number of para-hydroxylation sites is 1. The minimum Gasteiger partial charge on any atom is -0.404 e. The zero-order valence-electron chi connectivity index (χ0n) is 18.4. The van der Waals surface area contributed by atoms with Crippen LogP contribution in [-0.4, -0.2) is 22.4 Å². The summed E-state index contributed by atoms with van der Waals surface area (Å²) >= 11 is 0. The van der Waals surface area contributed by atoms with Gasteiger partial charge in [-0.15, -0.1) is 0 Å². The molecule has 30 heavy (non-hydrogen) atoms. The number of nitrogens with one attached hydrogen (secondary N) is 2. The number of unbranched alkanes of at least 4 members (excludes halogenated alkanes) is 2. The molecule has 0 aliphatic carbocycles. The van der Waals surface area contributed by atoms with Gasteiger partial charge in [-0.1, -0.05) is 52.3 Å². The highest BCUT2D eigenvalue weighted by Gasteiger charge is 2.15. The first-order valence-corrected chi connectivity index (χ1v) is 10.8. The Bertz CT molecular complexity index is 919. The average molecular weight is 409 g/mol. The first kappa shape index (κ1) is 21.8. The maximum Gasteiger partial charge on any atom is 0.297 e. The number of rotatable bonds is 10. The smallest absolute Gasteiger partial charge is 0.297 e. The van der Waals surface area contributed by atoms with E-state index in [1.807, 2.05) is 12.1 Å². The number of hydrogen-bond acceptors (Lipinski definition) is 5. The van der Waals surface area contributed by atoms with E-state index < -0.39 is 0 Å². The molecule has 0 unspecified atom stereocenters. The molecule has 0 spiro atoms. The third-order valence-corrected chi connectivity index (χ3v) is 5.16. The molecule has 0 aliphatic rings. The third kappa shape index (κ3) is 5.59. The molecule has 6 nitrogen and oxygen atoms in total. The minimum atomic E-state index is 0.0861. The molecule has 0 atom stereocenters. The van der Waals surface area contributed by atoms with Gasteiger partial charge in [-0.3, -0.25) is 4.79 Å². The van der Waals surface area contributed by atoms with Crippen molar-refractivity contribution in [3.05, 3.63) is 47.7 Å². The maximum atomic E-state index is 12.6. The van der Waals surface area contributed by atoms with Crippen molar-refractivity contribution in [3.8, 4) is 0 Å². The highest BCUT2D eigenvalue weighted by molar-refractivity contribution is 5.92. The molecule has 0 bridgehead atoms. The molecule has 3 aromatic rings. The molecule has 2 heterocycles.